The minimum Gasteiger partial charge on any atom is -0.450 e. The molecule has 0 fully saturated rings. The molecule has 24 heavy (non-hydrogen) atoms. The first kappa shape index (κ1) is 17.5. The van der Waals surface area contributed by atoms with Crippen molar-refractivity contribution in [2.45, 2.75) is 27.7 Å². The lowest BCUT2D eigenvalue weighted by molar-refractivity contribution is 0.102. The number of rotatable bonds is 4. The van der Waals surface area contributed by atoms with Crippen molar-refractivity contribution in [1.82, 2.24) is 0 Å². The average Bonchev–Trinajstić information content (AvgIpc) is 2.51. The summed E-state index contributed by atoms with van der Waals surface area (Å²) in [6.45, 7) is 7.77. The summed E-state index contributed by atoms with van der Waals surface area (Å²) in [4.78, 5) is 24.1. The lowest BCUT2D eigenvalue weighted by Gasteiger charge is -2.14. The standard InChI is InChI=1S/C19H22N2O3/c1-5-24-19(23)21-17-8-6-7-16(14(17)4)20-18(22)15-10-9-12(2)11-13(15)3/h6-11H,5H2,1-4H3,(H,20,22)(H,21,23). The Morgan fingerprint density at radius 2 is 1.67 bits per heavy atom. The van der Waals surface area contributed by atoms with Crippen LogP contribution in [0.4, 0.5) is 16.2 Å². The molecule has 0 radical (unpaired) electrons. The van der Waals surface area contributed by atoms with Crippen LogP contribution in [0.5, 0.6) is 0 Å². The molecule has 0 saturated heterocycles. The van der Waals surface area contributed by atoms with Crippen LogP contribution in [0.25, 0.3) is 0 Å². The number of benzene rings is 2. The first-order valence-corrected chi connectivity index (χ1v) is 7.84. The van der Waals surface area contributed by atoms with Crippen molar-refractivity contribution in [3.05, 3.63) is 58.7 Å². The van der Waals surface area contributed by atoms with Crippen molar-refractivity contribution in [3.63, 3.8) is 0 Å². The van der Waals surface area contributed by atoms with Gasteiger partial charge in [0.25, 0.3) is 5.91 Å². The first-order chi connectivity index (χ1) is 11.4. The molecule has 2 rings (SSSR count). The monoisotopic (exact) mass is 326 g/mol. The normalized spacial score (nSPS) is 10.2. The van der Waals surface area contributed by atoms with Crippen molar-refractivity contribution in [1.29, 1.82) is 0 Å². The highest BCUT2D eigenvalue weighted by molar-refractivity contribution is 6.06. The summed E-state index contributed by atoms with van der Waals surface area (Å²) in [6.07, 6.45) is -0.515. The molecule has 0 aliphatic heterocycles. The third kappa shape index (κ3) is 4.13. The molecule has 2 aromatic carbocycles. The lowest BCUT2D eigenvalue weighted by atomic mass is 10.0. The number of carbonyl (C=O) groups excluding carboxylic acids is 2. The number of hydrogen-bond acceptors (Lipinski definition) is 3. The SMILES string of the molecule is CCOC(=O)Nc1cccc(NC(=O)c2ccc(C)cc2C)c1C. The summed E-state index contributed by atoms with van der Waals surface area (Å²) in [5.74, 6) is -0.177. The fourth-order valence-electron chi connectivity index (χ4n) is 2.44. The quantitative estimate of drug-likeness (QED) is 0.873. The zero-order valence-corrected chi connectivity index (χ0v) is 14.4. The number of aryl methyl sites for hydroxylation is 2. The third-order valence-corrected chi connectivity index (χ3v) is 3.72. The van der Waals surface area contributed by atoms with Gasteiger partial charge in [0.2, 0.25) is 0 Å². The molecule has 5 heteroatoms. The molecule has 0 bridgehead atoms. The molecule has 2 amide bonds. The molecule has 0 heterocycles. The molecule has 2 aromatic rings. The minimum atomic E-state index is -0.515. The van der Waals surface area contributed by atoms with Gasteiger partial charge in [-0.05, 0) is 57.0 Å². The van der Waals surface area contributed by atoms with Crippen molar-refractivity contribution in [3.8, 4) is 0 Å². The maximum atomic E-state index is 12.5. The van der Waals surface area contributed by atoms with E-state index in [-0.39, 0.29) is 5.91 Å². The Balaban J connectivity index is 2.20. The van der Waals surface area contributed by atoms with E-state index in [2.05, 4.69) is 10.6 Å². The smallest absolute Gasteiger partial charge is 0.411 e. The van der Waals surface area contributed by atoms with Crippen molar-refractivity contribution >= 4 is 23.4 Å². The topological polar surface area (TPSA) is 67.4 Å². The van der Waals surface area contributed by atoms with Crippen molar-refractivity contribution in [2.75, 3.05) is 17.2 Å². The van der Waals surface area contributed by atoms with Crippen LogP contribution < -0.4 is 10.6 Å². The summed E-state index contributed by atoms with van der Waals surface area (Å²) in [6, 6.07) is 11.0. The highest BCUT2D eigenvalue weighted by Gasteiger charge is 2.13. The summed E-state index contributed by atoms with van der Waals surface area (Å²) in [7, 11) is 0. The van der Waals surface area contributed by atoms with Gasteiger partial charge >= 0.3 is 6.09 Å². The maximum absolute atomic E-state index is 12.5. The van der Waals surface area contributed by atoms with Gasteiger partial charge in [-0.25, -0.2) is 4.79 Å². The number of nitrogens with one attached hydrogen (secondary N) is 2. The maximum Gasteiger partial charge on any atom is 0.411 e. The van der Waals surface area contributed by atoms with E-state index < -0.39 is 6.09 Å². The van der Waals surface area contributed by atoms with Crippen LogP contribution >= 0.6 is 0 Å². The number of ether oxygens (including phenoxy) is 1. The summed E-state index contributed by atoms with van der Waals surface area (Å²) in [5, 5.41) is 5.57. The number of anilines is 2. The Morgan fingerprint density at radius 1 is 1.00 bits per heavy atom. The van der Waals surface area contributed by atoms with E-state index in [0.29, 0.717) is 23.5 Å². The van der Waals surface area contributed by atoms with Crippen LogP contribution in [0.3, 0.4) is 0 Å². The van der Waals surface area contributed by atoms with Crippen LogP contribution in [-0.4, -0.2) is 18.6 Å². The van der Waals surface area contributed by atoms with E-state index in [1.54, 1.807) is 25.1 Å². The molecule has 0 aliphatic carbocycles. The molecule has 5 nitrogen and oxygen atoms in total. The van der Waals surface area contributed by atoms with E-state index in [1.165, 1.54) is 0 Å². The van der Waals surface area contributed by atoms with Crippen molar-refractivity contribution in [2.24, 2.45) is 0 Å². The average molecular weight is 326 g/mol. The van der Waals surface area contributed by atoms with E-state index in [9.17, 15) is 9.59 Å². The number of hydrogen-bond donors (Lipinski definition) is 2. The van der Waals surface area contributed by atoms with Crippen LogP contribution in [0.2, 0.25) is 0 Å². The third-order valence-electron chi connectivity index (χ3n) is 3.72. The van der Waals surface area contributed by atoms with Gasteiger partial charge in [-0.3, -0.25) is 10.1 Å². The Kier molecular flexibility index (Phi) is 5.58. The van der Waals surface area contributed by atoms with Gasteiger partial charge < -0.3 is 10.1 Å². The van der Waals surface area contributed by atoms with Gasteiger partial charge in [-0.15, -0.1) is 0 Å². The summed E-state index contributed by atoms with van der Waals surface area (Å²) < 4.78 is 4.88. The molecular weight excluding hydrogens is 304 g/mol. The summed E-state index contributed by atoms with van der Waals surface area (Å²) >= 11 is 0. The van der Waals surface area contributed by atoms with E-state index in [0.717, 1.165) is 16.7 Å². The van der Waals surface area contributed by atoms with E-state index >= 15 is 0 Å². The van der Waals surface area contributed by atoms with Gasteiger partial charge in [0, 0.05) is 16.9 Å². The second kappa shape index (κ2) is 7.64. The fraction of sp³-hybridized carbons (Fsp3) is 0.263. The van der Waals surface area contributed by atoms with Gasteiger partial charge in [-0.2, -0.15) is 0 Å². The largest absolute Gasteiger partial charge is 0.450 e. The molecule has 0 aromatic heterocycles. The van der Waals surface area contributed by atoms with E-state index in [1.807, 2.05) is 39.0 Å². The number of carbonyl (C=O) groups is 2. The van der Waals surface area contributed by atoms with Crippen LogP contribution in [0.15, 0.2) is 36.4 Å². The Labute approximate surface area is 142 Å². The highest BCUT2D eigenvalue weighted by Crippen LogP contribution is 2.24. The Hall–Kier alpha value is -2.82. The minimum absolute atomic E-state index is 0.177. The number of amides is 2. The molecular formula is C19H22N2O3. The predicted molar refractivity (Wildman–Crippen MR) is 95.7 cm³/mol. The second-order valence-electron chi connectivity index (χ2n) is 5.60. The molecule has 0 unspecified atom stereocenters. The summed E-state index contributed by atoms with van der Waals surface area (Å²) in [5.41, 5.74) is 4.68. The molecule has 0 atom stereocenters. The Bertz CT molecular complexity index is 769. The van der Waals surface area contributed by atoms with Crippen molar-refractivity contribution < 1.29 is 14.3 Å². The fourth-order valence-corrected chi connectivity index (χ4v) is 2.44. The van der Waals surface area contributed by atoms with Crippen LogP contribution in [-0.2, 0) is 4.74 Å². The molecule has 2 N–H and O–H groups in total. The second-order valence-corrected chi connectivity index (χ2v) is 5.60. The predicted octanol–water partition coefficient (Wildman–Crippen LogP) is 4.43. The molecule has 0 spiro atoms. The van der Waals surface area contributed by atoms with Gasteiger partial charge in [-0.1, -0.05) is 23.8 Å². The van der Waals surface area contributed by atoms with Gasteiger partial charge in [0.1, 0.15) is 0 Å². The zero-order valence-electron chi connectivity index (χ0n) is 14.4. The first-order valence-electron chi connectivity index (χ1n) is 7.84. The molecule has 0 aliphatic rings. The van der Waals surface area contributed by atoms with Gasteiger partial charge in [0.15, 0.2) is 0 Å². The molecule has 0 saturated carbocycles. The lowest BCUT2D eigenvalue weighted by Crippen LogP contribution is -2.17. The van der Waals surface area contributed by atoms with Crippen LogP contribution in [0, 0.1) is 20.8 Å². The Morgan fingerprint density at radius 3 is 2.29 bits per heavy atom. The zero-order chi connectivity index (χ0) is 17.7. The highest BCUT2D eigenvalue weighted by atomic mass is 16.5. The molecule has 126 valence electrons. The van der Waals surface area contributed by atoms with E-state index in [4.69, 9.17) is 4.74 Å². The van der Waals surface area contributed by atoms with Crippen LogP contribution in [0.1, 0.15) is 34.0 Å². The van der Waals surface area contributed by atoms with Gasteiger partial charge in [0.05, 0.1) is 6.61 Å².